The molecule has 0 radical (unpaired) electrons. The molecule has 4 heteroatoms. The van der Waals surface area contributed by atoms with Crippen LogP contribution >= 0.6 is 0 Å². The zero-order valence-electron chi connectivity index (χ0n) is 13.0. The molecule has 2 atom stereocenters. The molecule has 1 aromatic carbocycles. The molecule has 1 N–H and O–H groups in total. The number of allylic oxidation sites excluding steroid dienone is 1. The Morgan fingerprint density at radius 3 is 2.73 bits per heavy atom. The highest BCUT2D eigenvalue weighted by molar-refractivity contribution is 5.78. The molecule has 0 saturated heterocycles. The number of nitrogens with zero attached hydrogens (tertiary/aromatic N) is 3. The molecule has 1 aliphatic carbocycles. The van der Waals surface area contributed by atoms with Crippen molar-refractivity contribution in [1.29, 1.82) is 0 Å². The van der Waals surface area contributed by atoms with Crippen LogP contribution in [0, 0.1) is 0 Å². The van der Waals surface area contributed by atoms with Crippen LogP contribution in [0.5, 0.6) is 0 Å². The van der Waals surface area contributed by atoms with E-state index in [0.29, 0.717) is 6.04 Å². The van der Waals surface area contributed by atoms with Gasteiger partial charge < -0.3 is 10.2 Å². The maximum atomic E-state index is 4.89. The summed E-state index contributed by atoms with van der Waals surface area (Å²) in [6, 6.07) is 8.41. The van der Waals surface area contributed by atoms with Crippen molar-refractivity contribution in [1.82, 2.24) is 15.3 Å². The van der Waals surface area contributed by atoms with Gasteiger partial charge >= 0.3 is 0 Å². The average Bonchev–Trinajstić information content (AvgIpc) is 2.83. The van der Waals surface area contributed by atoms with Crippen molar-refractivity contribution in [3.8, 4) is 0 Å². The number of nitrogens with one attached hydrogen (secondary N) is 1. The molecule has 0 saturated carbocycles. The van der Waals surface area contributed by atoms with E-state index >= 15 is 0 Å². The van der Waals surface area contributed by atoms with E-state index in [0.717, 1.165) is 35.5 Å². The first kappa shape index (κ1) is 13.3. The van der Waals surface area contributed by atoms with E-state index in [4.69, 9.17) is 9.97 Å². The second-order valence-corrected chi connectivity index (χ2v) is 5.96. The van der Waals surface area contributed by atoms with Crippen molar-refractivity contribution in [2.75, 3.05) is 18.5 Å². The summed E-state index contributed by atoms with van der Waals surface area (Å²) in [5.74, 6) is 1.29. The van der Waals surface area contributed by atoms with Crippen LogP contribution in [-0.2, 0) is 0 Å². The molecule has 4 rings (SSSR count). The van der Waals surface area contributed by atoms with Crippen molar-refractivity contribution in [2.24, 2.45) is 0 Å². The molecule has 2 heterocycles. The Bertz CT molecular complexity index is 778. The molecule has 1 aromatic heterocycles. The Balaban J connectivity index is 1.79. The molecule has 2 unspecified atom stereocenters. The Labute approximate surface area is 130 Å². The molecule has 2 aliphatic rings. The summed E-state index contributed by atoms with van der Waals surface area (Å²) < 4.78 is 0. The minimum atomic E-state index is 0.279. The standard InChI is InChI=1S/C18H20N4/c1-3-10-19-12-8-9-16-13(11-12)17-18(22(16)2)21-15-7-5-4-6-14(15)20-17/h4-9,11,13,16,19H,3,10H2,1-2H3. The number of hydrogen-bond acceptors (Lipinski definition) is 4. The lowest BCUT2D eigenvalue weighted by Gasteiger charge is -2.25. The highest BCUT2D eigenvalue weighted by Gasteiger charge is 2.38. The summed E-state index contributed by atoms with van der Waals surface area (Å²) in [6.45, 7) is 3.18. The Kier molecular flexibility index (Phi) is 3.10. The molecular formula is C18H20N4. The predicted octanol–water partition coefficient (Wildman–Crippen LogP) is 2.99. The number of anilines is 1. The van der Waals surface area contributed by atoms with Crippen LogP contribution in [0.2, 0.25) is 0 Å². The molecule has 2 aromatic rings. The number of benzene rings is 1. The summed E-state index contributed by atoms with van der Waals surface area (Å²) in [7, 11) is 2.11. The maximum absolute atomic E-state index is 4.89. The normalized spacial score (nSPS) is 22.5. The SMILES string of the molecule is CCCNC1=CC2c3nc4ccccc4nc3N(C)C2C=C1. The van der Waals surface area contributed by atoms with E-state index in [1.165, 1.54) is 5.70 Å². The van der Waals surface area contributed by atoms with Crippen molar-refractivity contribution < 1.29 is 0 Å². The third kappa shape index (κ3) is 1.98. The van der Waals surface area contributed by atoms with Crippen molar-refractivity contribution in [3.05, 3.63) is 53.9 Å². The topological polar surface area (TPSA) is 41.1 Å². The number of para-hydroxylation sites is 2. The Hall–Kier alpha value is -2.36. The van der Waals surface area contributed by atoms with Gasteiger partial charge in [0, 0.05) is 25.2 Å². The lowest BCUT2D eigenvalue weighted by Crippen LogP contribution is -2.31. The van der Waals surface area contributed by atoms with Crippen LogP contribution in [0.15, 0.2) is 48.2 Å². The fourth-order valence-electron chi connectivity index (χ4n) is 3.30. The van der Waals surface area contributed by atoms with Crippen molar-refractivity contribution in [2.45, 2.75) is 25.3 Å². The second-order valence-electron chi connectivity index (χ2n) is 5.96. The summed E-state index contributed by atoms with van der Waals surface area (Å²) >= 11 is 0. The van der Waals surface area contributed by atoms with Gasteiger partial charge in [0.1, 0.15) is 0 Å². The molecule has 0 bridgehead atoms. The highest BCUT2D eigenvalue weighted by Crippen LogP contribution is 2.41. The molecule has 0 amide bonds. The molecular weight excluding hydrogens is 272 g/mol. The van der Waals surface area contributed by atoms with Crippen LogP contribution < -0.4 is 10.2 Å². The van der Waals surface area contributed by atoms with Gasteiger partial charge in [0.05, 0.1) is 22.8 Å². The smallest absolute Gasteiger partial charge is 0.152 e. The lowest BCUT2D eigenvalue weighted by atomic mass is 9.93. The summed E-state index contributed by atoms with van der Waals surface area (Å²) in [5.41, 5.74) is 4.22. The number of fused-ring (bicyclic) bond motifs is 4. The van der Waals surface area contributed by atoms with E-state index < -0.39 is 0 Å². The number of likely N-dealkylation sites (N-methyl/N-ethyl adjacent to an activating group) is 1. The first-order valence-corrected chi connectivity index (χ1v) is 7.91. The van der Waals surface area contributed by atoms with E-state index in [2.05, 4.69) is 42.4 Å². The second kappa shape index (κ2) is 5.13. The molecule has 4 nitrogen and oxygen atoms in total. The van der Waals surface area contributed by atoms with E-state index in [1.54, 1.807) is 0 Å². The van der Waals surface area contributed by atoms with Gasteiger partial charge in [-0.1, -0.05) is 25.1 Å². The van der Waals surface area contributed by atoms with Crippen LogP contribution in [0.4, 0.5) is 5.82 Å². The maximum Gasteiger partial charge on any atom is 0.152 e. The van der Waals surface area contributed by atoms with Gasteiger partial charge in [-0.2, -0.15) is 0 Å². The minimum Gasteiger partial charge on any atom is -0.385 e. The Morgan fingerprint density at radius 2 is 1.95 bits per heavy atom. The van der Waals surface area contributed by atoms with E-state index in [9.17, 15) is 0 Å². The third-order valence-corrected chi connectivity index (χ3v) is 4.45. The van der Waals surface area contributed by atoms with E-state index in [1.807, 2.05) is 24.3 Å². The van der Waals surface area contributed by atoms with Crippen molar-refractivity contribution >= 4 is 16.9 Å². The lowest BCUT2D eigenvalue weighted by molar-refractivity contribution is 0.687. The number of rotatable bonds is 3. The van der Waals surface area contributed by atoms with Crippen molar-refractivity contribution in [3.63, 3.8) is 0 Å². The molecule has 0 fully saturated rings. The highest BCUT2D eigenvalue weighted by atomic mass is 15.2. The largest absolute Gasteiger partial charge is 0.385 e. The van der Waals surface area contributed by atoms with Crippen LogP contribution in [0.1, 0.15) is 25.0 Å². The molecule has 112 valence electrons. The first-order valence-electron chi connectivity index (χ1n) is 7.91. The van der Waals surface area contributed by atoms with Gasteiger partial charge in [0.2, 0.25) is 0 Å². The molecule has 1 aliphatic heterocycles. The zero-order chi connectivity index (χ0) is 15.1. The zero-order valence-corrected chi connectivity index (χ0v) is 13.0. The van der Waals surface area contributed by atoms with Gasteiger partial charge in [0.15, 0.2) is 5.82 Å². The summed E-state index contributed by atoms with van der Waals surface area (Å²) in [6.07, 6.45) is 7.86. The first-order chi connectivity index (χ1) is 10.8. The van der Waals surface area contributed by atoms with Gasteiger partial charge in [-0.3, -0.25) is 0 Å². The fourth-order valence-corrected chi connectivity index (χ4v) is 3.30. The predicted molar refractivity (Wildman–Crippen MR) is 90.0 cm³/mol. The van der Waals surface area contributed by atoms with Gasteiger partial charge in [-0.25, -0.2) is 9.97 Å². The fraction of sp³-hybridized carbons (Fsp3) is 0.333. The minimum absolute atomic E-state index is 0.279. The summed E-state index contributed by atoms with van der Waals surface area (Å²) in [4.78, 5) is 12.0. The molecule has 22 heavy (non-hydrogen) atoms. The third-order valence-electron chi connectivity index (χ3n) is 4.45. The van der Waals surface area contributed by atoms with Crippen LogP contribution in [0.25, 0.3) is 11.0 Å². The Morgan fingerprint density at radius 1 is 1.18 bits per heavy atom. The van der Waals surface area contributed by atoms with Crippen LogP contribution in [-0.4, -0.2) is 29.6 Å². The monoisotopic (exact) mass is 292 g/mol. The van der Waals surface area contributed by atoms with Gasteiger partial charge in [-0.05, 0) is 30.7 Å². The number of aromatic nitrogens is 2. The quantitative estimate of drug-likeness (QED) is 0.944. The number of hydrogen-bond donors (Lipinski definition) is 1. The molecule has 0 spiro atoms. The van der Waals surface area contributed by atoms with E-state index in [-0.39, 0.29) is 5.92 Å². The van der Waals surface area contributed by atoms with Crippen LogP contribution in [0.3, 0.4) is 0 Å². The van der Waals surface area contributed by atoms with Gasteiger partial charge in [0.25, 0.3) is 0 Å². The van der Waals surface area contributed by atoms with Gasteiger partial charge in [-0.15, -0.1) is 0 Å². The average molecular weight is 292 g/mol. The summed E-state index contributed by atoms with van der Waals surface area (Å²) in [5, 5.41) is 3.47.